The molecule has 0 aliphatic carbocycles. The van der Waals surface area contributed by atoms with Crippen molar-refractivity contribution in [3.05, 3.63) is 101 Å². The highest BCUT2D eigenvalue weighted by Crippen LogP contribution is 2.24. The zero-order valence-corrected chi connectivity index (χ0v) is 17.1. The van der Waals surface area contributed by atoms with Crippen molar-refractivity contribution in [2.45, 2.75) is 30.4 Å². The number of sulfone groups is 1. The van der Waals surface area contributed by atoms with Crippen LogP contribution in [0, 0.1) is 13.8 Å². The molecule has 0 amide bonds. The van der Waals surface area contributed by atoms with Crippen LogP contribution in [0.25, 0.3) is 0 Å². The maximum absolute atomic E-state index is 13.3. The monoisotopic (exact) mass is 406 g/mol. The third-order valence-electron chi connectivity index (χ3n) is 4.82. The van der Waals surface area contributed by atoms with E-state index in [-0.39, 0.29) is 16.2 Å². The van der Waals surface area contributed by atoms with Crippen molar-refractivity contribution in [1.29, 1.82) is 0 Å². The molecule has 29 heavy (non-hydrogen) atoms. The number of aryl methyl sites for hydroxylation is 2. The Balaban J connectivity index is 2.03. The van der Waals surface area contributed by atoms with Gasteiger partial charge in [0.05, 0.1) is 4.90 Å². The van der Waals surface area contributed by atoms with Crippen molar-refractivity contribution < 1.29 is 18.0 Å². The number of benzene rings is 3. The summed E-state index contributed by atoms with van der Waals surface area (Å²) in [5.74, 6) is -0.957. The predicted octanol–water partition coefficient (Wildman–Crippen LogP) is 4.60. The second-order valence-corrected chi connectivity index (χ2v) is 9.20. The number of carbonyl (C=O) groups is 2. The molecule has 3 aromatic rings. The van der Waals surface area contributed by atoms with E-state index in [1.807, 2.05) is 13.8 Å². The molecule has 4 nitrogen and oxygen atoms in total. The first kappa shape index (κ1) is 20.7. The normalized spacial score (nSPS) is 12.3. The van der Waals surface area contributed by atoms with E-state index < -0.39 is 27.3 Å². The van der Waals surface area contributed by atoms with Crippen LogP contribution < -0.4 is 0 Å². The lowest BCUT2D eigenvalue weighted by molar-refractivity contribution is 0.0920. The van der Waals surface area contributed by atoms with Gasteiger partial charge in [-0.15, -0.1) is 0 Å². The minimum atomic E-state index is -4.05. The van der Waals surface area contributed by atoms with E-state index >= 15 is 0 Å². The van der Waals surface area contributed by atoms with Gasteiger partial charge in [-0.25, -0.2) is 8.42 Å². The number of ketones is 2. The van der Waals surface area contributed by atoms with E-state index in [0.717, 1.165) is 11.1 Å². The quantitative estimate of drug-likeness (QED) is 0.538. The highest BCUT2D eigenvalue weighted by atomic mass is 32.2. The van der Waals surface area contributed by atoms with E-state index in [2.05, 4.69) is 0 Å². The van der Waals surface area contributed by atoms with Crippen LogP contribution in [0.1, 0.15) is 38.3 Å². The summed E-state index contributed by atoms with van der Waals surface area (Å²) in [4.78, 5) is 26.0. The Bertz CT molecular complexity index is 1110. The van der Waals surface area contributed by atoms with Crippen LogP contribution in [0.5, 0.6) is 0 Å². The Kier molecular flexibility index (Phi) is 6.09. The molecule has 0 heterocycles. The molecule has 0 radical (unpaired) electrons. The lowest BCUT2D eigenvalue weighted by Gasteiger charge is -2.17. The predicted molar refractivity (Wildman–Crippen MR) is 113 cm³/mol. The lowest BCUT2D eigenvalue weighted by Crippen LogP contribution is -2.33. The molecular formula is C24H22O4S. The lowest BCUT2D eigenvalue weighted by atomic mass is 10.0. The Hall–Kier alpha value is -3.05. The standard InChI is InChI=1S/C24H22O4S/c1-17-8-12-20(13-9-17)24(26)23(16-22(25)19-6-4-3-5-7-19)29(27,28)21-14-10-18(2)11-15-21/h3-15,23H,16H2,1-2H3/t23-/m1/s1. The van der Waals surface area contributed by atoms with Gasteiger partial charge in [0.25, 0.3) is 0 Å². The average Bonchev–Trinajstić information content (AvgIpc) is 2.72. The van der Waals surface area contributed by atoms with Gasteiger partial charge in [0, 0.05) is 17.5 Å². The van der Waals surface area contributed by atoms with Gasteiger partial charge in [-0.2, -0.15) is 0 Å². The molecule has 0 bridgehead atoms. The Morgan fingerprint density at radius 2 is 1.24 bits per heavy atom. The number of rotatable bonds is 7. The van der Waals surface area contributed by atoms with E-state index in [4.69, 9.17) is 0 Å². The number of hydrogen-bond donors (Lipinski definition) is 0. The number of carbonyl (C=O) groups excluding carboxylic acids is 2. The van der Waals surface area contributed by atoms with Crippen LogP contribution in [0.3, 0.4) is 0 Å². The molecule has 0 saturated carbocycles. The van der Waals surface area contributed by atoms with Gasteiger partial charge in [0.2, 0.25) is 0 Å². The molecule has 0 spiro atoms. The molecule has 0 fully saturated rings. The van der Waals surface area contributed by atoms with Crippen molar-refractivity contribution >= 4 is 21.4 Å². The van der Waals surface area contributed by atoms with E-state index in [0.29, 0.717) is 5.56 Å². The second-order valence-electron chi connectivity index (χ2n) is 7.07. The van der Waals surface area contributed by atoms with E-state index in [1.165, 1.54) is 12.1 Å². The van der Waals surface area contributed by atoms with Gasteiger partial charge in [0.15, 0.2) is 21.4 Å². The highest BCUT2D eigenvalue weighted by molar-refractivity contribution is 7.92. The average molecular weight is 407 g/mol. The molecule has 0 unspecified atom stereocenters. The maximum Gasteiger partial charge on any atom is 0.189 e. The molecule has 0 aliphatic rings. The van der Waals surface area contributed by atoms with Gasteiger partial charge >= 0.3 is 0 Å². The first-order chi connectivity index (χ1) is 13.8. The zero-order valence-electron chi connectivity index (χ0n) is 16.3. The Labute approximate surface area is 171 Å². The summed E-state index contributed by atoms with van der Waals surface area (Å²) in [6.45, 7) is 3.73. The smallest absolute Gasteiger partial charge is 0.189 e. The molecular weight excluding hydrogens is 384 g/mol. The summed E-state index contributed by atoms with van der Waals surface area (Å²) in [6, 6.07) is 21.4. The molecule has 3 aromatic carbocycles. The molecule has 3 rings (SSSR count). The molecule has 0 saturated heterocycles. The van der Waals surface area contributed by atoms with Crippen LogP contribution in [-0.4, -0.2) is 25.2 Å². The van der Waals surface area contributed by atoms with Gasteiger partial charge in [-0.1, -0.05) is 77.9 Å². The summed E-state index contributed by atoms with van der Waals surface area (Å²) >= 11 is 0. The number of hydrogen-bond acceptors (Lipinski definition) is 4. The topological polar surface area (TPSA) is 68.3 Å². The SMILES string of the molecule is Cc1ccc(C(=O)[C@@H](CC(=O)c2ccccc2)S(=O)(=O)c2ccc(C)cc2)cc1. The van der Waals surface area contributed by atoms with E-state index in [1.54, 1.807) is 66.7 Å². The van der Waals surface area contributed by atoms with Crippen molar-refractivity contribution in [3.8, 4) is 0 Å². The van der Waals surface area contributed by atoms with Gasteiger partial charge in [-0.3, -0.25) is 9.59 Å². The maximum atomic E-state index is 13.3. The van der Waals surface area contributed by atoms with Crippen molar-refractivity contribution in [1.82, 2.24) is 0 Å². The fraction of sp³-hybridized carbons (Fsp3) is 0.167. The van der Waals surface area contributed by atoms with Crippen molar-refractivity contribution in [3.63, 3.8) is 0 Å². The minimum absolute atomic E-state index is 0.0365. The van der Waals surface area contributed by atoms with Crippen LogP contribution in [0.15, 0.2) is 83.8 Å². The van der Waals surface area contributed by atoms with Crippen LogP contribution >= 0.6 is 0 Å². The summed E-state index contributed by atoms with van der Waals surface area (Å²) in [7, 11) is -4.05. The van der Waals surface area contributed by atoms with Crippen LogP contribution in [0.2, 0.25) is 0 Å². The largest absolute Gasteiger partial charge is 0.294 e. The van der Waals surface area contributed by atoms with Crippen LogP contribution in [0.4, 0.5) is 0 Å². The third-order valence-corrected chi connectivity index (χ3v) is 6.88. The first-order valence-electron chi connectivity index (χ1n) is 9.29. The summed E-state index contributed by atoms with van der Waals surface area (Å²) < 4.78 is 26.6. The molecule has 0 N–H and O–H groups in total. The minimum Gasteiger partial charge on any atom is -0.294 e. The Morgan fingerprint density at radius 3 is 1.79 bits per heavy atom. The summed E-state index contributed by atoms with van der Waals surface area (Å²) in [5.41, 5.74) is 2.52. The molecule has 0 aliphatic heterocycles. The molecule has 0 aromatic heterocycles. The molecule has 5 heteroatoms. The van der Waals surface area contributed by atoms with Gasteiger partial charge < -0.3 is 0 Å². The fourth-order valence-corrected chi connectivity index (χ4v) is 4.68. The summed E-state index contributed by atoms with van der Waals surface area (Å²) in [6.07, 6.45) is -0.410. The Morgan fingerprint density at radius 1 is 0.724 bits per heavy atom. The van der Waals surface area contributed by atoms with Gasteiger partial charge in [-0.05, 0) is 26.0 Å². The van der Waals surface area contributed by atoms with Crippen molar-refractivity contribution in [2.75, 3.05) is 0 Å². The highest BCUT2D eigenvalue weighted by Gasteiger charge is 2.36. The zero-order chi connectivity index (χ0) is 21.0. The summed E-state index contributed by atoms with van der Waals surface area (Å²) in [5, 5.41) is -1.49. The molecule has 1 atom stereocenters. The molecule has 148 valence electrons. The van der Waals surface area contributed by atoms with Crippen LogP contribution in [-0.2, 0) is 9.84 Å². The van der Waals surface area contributed by atoms with Crippen molar-refractivity contribution in [2.24, 2.45) is 0 Å². The fourth-order valence-electron chi connectivity index (χ4n) is 3.05. The number of Topliss-reactive ketones (excluding diaryl/α,β-unsaturated/α-hetero) is 2. The second kappa shape index (κ2) is 8.53. The van der Waals surface area contributed by atoms with Gasteiger partial charge in [0.1, 0.15) is 5.25 Å². The first-order valence-corrected chi connectivity index (χ1v) is 10.8. The van der Waals surface area contributed by atoms with E-state index in [9.17, 15) is 18.0 Å². The third kappa shape index (κ3) is 4.69.